The van der Waals surface area contributed by atoms with Crippen LogP contribution in [-0.2, 0) is 20.6 Å². The summed E-state index contributed by atoms with van der Waals surface area (Å²) < 4.78 is 16.0. The summed E-state index contributed by atoms with van der Waals surface area (Å²) in [5, 5.41) is 0. The quantitative estimate of drug-likeness (QED) is 0.371. The van der Waals surface area contributed by atoms with Crippen LogP contribution in [0.5, 0.6) is 0 Å². The Morgan fingerprint density at radius 1 is 0.914 bits per heavy atom. The fraction of sp³-hybridized carbons (Fsp3) is 0.500. The molecule has 0 spiro atoms. The Kier molecular flexibility index (Phi) is 7.26. The minimum absolute atomic E-state index is 0.109. The molecule has 2 aromatic rings. The van der Waals surface area contributed by atoms with Crippen LogP contribution in [0, 0.1) is 11.8 Å². The van der Waals surface area contributed by atoms with Crippen molar-refractivity contribution in [3.8, 4) is 0 Å². The zero-order chi connectivity index (χ0) is 24.4. The average Bonchev–Trinajstić information content (AvgIpc) is 3.76. The van der Waals surface area contributed by atoms with Crippen LogP contribution in [-0.4, -0.2) is 46.7 Å². The van der Waals surface area contributed by atoms with Crippen LogP contribution in [0.2, 0.25) is 0 Å². The third-order valence-electron chi connectivity index (χ3n) is 7.99. The molecule has 0 amide bonds. The van der Waals surface area contributed by atoms with Gasteiger partial charge in [-0.05, 0) is 97.4 Å². The lowest BCUT2D eigenvalue weighted by molar-refractivity contribution is -0.141. The molecule has 1 saturated carbocycles. The first-order valence-corrected chi connectivity index (χ1v) is 13.0. The SMILES string of the molecule is COC(=O)c1ccc2c(c1)CCCC(C1CC1)=C2c1ccc(N2CCC(C(OC)OC)CC2)cc1. The number of hydrogen-bond acceptors (Lipinski definition) is 5. The Hall–Kier alpha value is -2.63. The Bertz CT molecular complexity index is 1070. The molecule has 0 atom stereocenters. The number of rotatable bonds is 7. The number of piperidine rings is 1. The van der Waals surface area contributed by atoms with Gasteiger partial charge in [0.25, 0.3) is 0 Å². The molecule has 2 aliphatic carbocycles. The van der Waals surface area contributed by atoms with Gasteiger partial charge in [-0.2, -0.15) is 0 Å². The number of ether oxygens (including phenoxy) is 3. The maximum atomic E-state index is 12.1. The smallest absolute Gasteiger partial charge is 0.337 e. The zero-order valence-electron chi connectivity index (χ0n) is 21.2. The number of carbonyl (C=O) groups is 1. The van der Waals surface area contributed by atoms with E-state index in [1.807, 2.05) is 12.1 Å². The van der Waals surface area contributed by atoms with Crippen molar-refractivity contribution < 1.29 is 19.0 Å². The van der Waals surface area contributed by atoms with E-state index in [1.54, 1.807) is 19.8 Å². The second-order valence-corrected chi connectivity index (χ2v) is 10.1. The number of aryl methyl sites for hydroxylation is 1. The molecule has 3 aliphatic rings. The van der Waals surface area contributed by atoms with Gasteiger partial charge in [0.15, 0.2) is 6.29 Å². The maximum absolute atomic E-state index is 12.1. The molecule has 5 heteroatoms. The molecule has 0 radical (unpaired) electrons. The molecule has 2 fully saturated rings. The summed E-state index contributed by atoms with van der Waals surface area (Å²) in [4.78, 5) is 14.6. The van der Waals surface area contributed by atoms with Crippen LogP contribution in [0.1, 0.15) is 65.6 Å². The normalized spacial score (nSPS) is 19.0. The number of nitrogens with zero attached hydrogens (tertiary/aromatic N) is 1. The van der Waals surface area contributed by atoms with Gasteiger partial charge in [-0.25, -0.2) is 4.79 Å². The maximum Gasteiger partial charge on any atom is 0.337 e. The van der Waals surface area contributed by atoms with E-state index in [9.17, 15) is 4.79 Å². The molecule has 0 unspecified atom stereocenters. The number of esters is 1. The Labute approximate surface area is 209 Å². The first-order valence-electron chi connectivity index (χ1n) is 13.0. The van der Waals surface area contributed by atoms with Crippen LogP contribution >= 0.6 is 0 Å². The van der Waals surface area contributed by atoms with Gasteiger partial charge in [0.2, 0.25) is 0 Å². The number of hydrogen-bond donors (Lipinski definition) is 0. The molecule has 1 aliphatic heterocycles. The predicted molar refractivity (Wildman–Crippen MR) is 139 cm³/mol. The average molecular weight is 476 g/mol. The monoisotopic (exact) mass is 475 g/mol. The fourth-order valence-corrected chi connectivity index (χ4v) is 5.99. The predicted octanol–water partition coefficient (Wildman–Crippen LogP) is 5.86. The van der Waals surface area contributed by atoms with E-state index in [2.05, 4.69) is 35.2 Å². The van der Waals surface area contributed by atoms with Gasteiger partial charge in [0.05, 0.1) is 12.7 Å². The lowest BCUT2D eigenvalue weighted by Gasteiger charge is -2.36. The number of fused-ring (bicyclic) bond motifs is 1. The van der Waals surface area contributed by atoms with E-state index in [1.165, 1.54) is 47.9 Å². The van der Waals surface area contributed by atoms with Crippen LogP contribution in [0.25, 0.3) is 5.57 Å². The first-order chi connectivity index (χ1) is 17.1. The number of benzene rings is 2. The van der Waals surface area contributed by atoms with Crippen molar-refractivity contribution in [3.05, 3.63) is 70.3 Å². The molecule has 35 heavy (non-hydrogen) atoms. The number of methoxy groups -OCH3 is 3. The van der Waals surface area contributed by atoms with Gasteiger partial charge in [-0.3, -0.25) is 0 Å². The third kappa shape index (κ3) is 5.03. The lowest BCUT2D eigenvalue weighted by atomic mass is 9.88. The lowest BCUT2D eigenvalue weighted by Crippen LogP contribution is -2.39. The number of carbonyl (C=O) groups excluding carboxylic acids is 1. The van der Waals surface area contributed by atoms with Gasteiger partial charge >= 0.3 is 5.97 Å². The van der Waals surface area contributed by atoms with Crippen molar-refractivity contribution in [2.75, 3.05) is 39.3 Å². The second kappa shape index (κ2) is 10.5. The van der Waals surface area contributed by atoms with E-state index < -0.39 is 0 Å². The van der Waals surface area contributed by atoms with Crippen molar-refractivity contribution in [2.24, 2.45) is 11.8 Å². The van der Waals surface area contributed by atoms with E-state index in [0.29, 0.717) is 17.4 Å². The summed E-state index contributed by atoms with van der Waals surface area (Å²) in [5.74, 6) is 0.897. The highest BCUT2D eigenvalue weighted by atomic mass is 16.7. The van der Waals surface area contributed by atoms with Crippen molar-refractivity contribution in [2.45, 2.75) is 51.2 Å². The minimum atomic E-state index is -0.263. The van der Waals surface area contributed by atoms with Gasteiger partial charge < -0.3 is 19.1 Å². The van der Waals surface area contributed by atoms with Crippen LogP contribution in [0.3, 0.4) is 0 Å². The highest BCUT2D eigenvalue weighted by Gasteiger charge is 2.31. The molecule has 1 saturated heterocycles. The molecule has 0 bridgehead atoms. The summed E-state index contributed by atoms with van der Waals surface area (Å²) in [5.41, 5.74) is 8.76. The van der Waals surface area contributed by atoms with Gasteiger partial charge in [0.1, 0.15) is 0 Å². The third-order valence-corrected chi connectivity index (χ3v) is 7.99. The Morgan fingerprint density at radius 2 is 1.63 bits per heavy atom. The summed E-state index contributed by atoms with van der Waals surface area (Å²) in [6.45, 7) is 2.03. The van der Waals surface area contributed by atoms with E-state index in [-0.39, 0.29) is 12.3 Å². The van der Waals surface area contributed by atoms with Crippen molar-refractivity contribution in [1.29, 1.82) is 0 Å². The van der Waals surface area contributed by atoms with Gasteiger partial charge in [-0.15, -0.1) is 0 Å². The minimum Gasteiger partial charge on any atom is -0.465 e. The summed E-state index contributed by atoms with van der Waals surface area (Å²) in [6.07, 6.45) is 7.89. The number of anilines is 1. The summed E-state index contributed by atoms with van der Waals surface area (Å²) >= 11 is 0. The van der Waals surface area contributed by atoms with Crippen molar-refractivity contribution >= 4 is 17.2 Å². The van der Waals surface area contributed by atoms with E-state index in [4.69, 9.17) is 14.2 Å². The van der Waals surface area contributed by atoms with Crippen molar-refractivity contribution in [3.63, 3.8) is 0 Å². The molecule has 2 aromatic carbocycles. The van der Waals surface area contributed by atoms with Crippen molar-refractivity contribution in [1.82, 2.24) is 0 Å². The van der Waals surface area contributed by atoms with Gasteiger partial charge in [0, 0.05) is 38.9 Å². The molecule has 0 N–H and O–H groups in total. The van der Waals surface area contributed by atoms with E-state index in [0.717, 1.165) is 45.2 Å². The second-order valence-electron chi connectivity index (χ2n) is 10.1. The molecular formula is C30H37NO4. The topological polar surface area (TPSA) is 48.0 Å². The van der Waals surface area contributed by atoms with Gasteiger partial charge in [-0.1, -0.05) is 23.8 Å². The molecular weight excluding hydrogens is 438 g/mol. The highest BCUT2D eigenvalue weighted by Crippen LogP contribution is 2.47. The summed E-state index contributed by atoms with van der Waals surface area (Å²) in [7, 11) is 4.90. The van der Waals surface area contributed by atoms with Crippen LogP contribution in [0.4, 0.5) is 5.69 Å². The standard InChI is InChI=1S/C30H37NO4/c1-33-29(32)24-11-14-27-23(19-24)5-4-6-26(20-7-8-20)28(27)21-9-12-25(13-10-21)31-17-15-22(16-18-31)30(34-2)35-3/h9-14,19-20,22,30H,4-8,15-18H2,1-3H3. The molecule has 0 aromatic heterocycles. The zero-order valence-corrected chi connectivity index (χ0v) is 21.2. The van der Waals surface area contributed by atoms with E-state index >= 15 is 0 Å². The Balaban J connectivity index is 1.41. The fourth-order valence-electron chi connectivity index (χ4n) is 5.99. The van der Waals surface area contributed by atoms with Crippen LogP contribution in [0.15, 0.2) is 48.0 Å². The highest BCUT2D eigenvalue weighted by molar-refractivity contribution is 5.92. The largest absolute Gasteiger partial charge is 0.465 e. The molecule has 5 rings (SSSR count). The molecule has 186 valence electrons. The number of allylic oxidation sites excluding steroid dienone is 1. The Morgan fingerprint density at radius 3 is 2.26 bits per heavy atom. The van der Waals surface area contributed by atoms with Crippen LogP contribution < -0.4 is 4.90 Å². The first kappa shape index (κ1) is 24.1. The summed E-state index contributed by atoms with van der Waals surface area (Å²) in [6, 6.07) is 15.3. The molecule has 5 nitrogen and oxygen atoms in total. The molecule has 1 heterocycles.